The molecule has 18 heavy (non-hydrogen) atoms. The Hall–Kier alpha value is -0.610. The summed E-state index contributed by atoms with van der Waals surface area (Å²) in [5.74, 6) is 0.378. The molecule has 0 unspecified atom stereocenters. The zero-order valence-corrected chi connectivity index (χ0v) is 11.4. The van der Waals surface area contributed by atoms with Crippen LogP contribution in [0.2, 0.25) is 0 Å². The van der Waals surface area contributed by atoms with E-state index >= 15 is 0 Å². The van der Waals surface area contributed by atoms with E-state index in [1.54, 1.807) is 0 Å². The SMILES string of the molecule is CN(C(=O)C1CCC(O)(CN)CC1)C1CCCC1. The number of rotatable bonds is 3. The van der Waals surface area contributed by atoms with E-state index < -0.39 is 5.60 Å². The van der Waals surface area contributed by atoms with E-state index in [4.69, 9.17) is 5.73 Å². The molecule has 4 nitrogen and oxygen atoms in total. The van der Waals surface area contributed by atoms with Crippen LogP contribution in [0.1, 0.15) is 51.4 Å². The van der Waals surface area contributed by atoms with Crippen LogP contribution < -0.4 is 5.73 Å². The van der Waals surface area contributed by atoms with Crippen molar-refractivity contribution in [3.05, 3.63) is 0 Å². The average molecular weight is 254 g/mol. The number of hydrogen-bond donors (Lipinski definition) is 2. The molecule has 0 aromatic rings. The maximum Gasteiger partial charge on any atom is 0.225 e. The summed E-state index contributed by atoms with van der Waals surface area (Å²) >= 11 is 0. The number of nitrogens with two attached hydrogens (primary N) is 1. The van der Waals surface area contributed by atoms with Crippen LogP contribution in [0.4, 0.5) is 0 Å². The van der Waals surface area contributed by atoms with Crippen LogP contribution in [0.5, 0.6) is 0 Å². The Bertz CT molecular complexity index is 292. The molecule has 2 rings (SSSR count). The Balaban J connectivity index is 1.87. The zero-order valence-electron chi connectivity index (χ0n) is 11.4. The molecule has 0 aliphatic heterocycles. The zero-order chi connectivity index (χ0) is 13.2. The van der Waals surface area contributed by atoms with Gasteiger partial charge in [-0.2, -0.15) is 0 Å². The minimum Gasteiger partial charge on any atom is -0.389 e. The minimum absolute atomic E-state index is 0.0995. The van der Waals surface area contributed by atoms with Crippen LogP contribution in [0.25, 0.3) is 0 Å². The van der Waals surface area contributed by atoms with Gasteiger partial charge in [0.1, 0.15) is 0 Å². The predicted molar refractivity (Wildman–Crippen MR) is 71.0 cm³/mol. The third-order valence-electron chi connectivity index (χ3n) is 4.87. The van der Waals surface area contributed by atoms with E-state index in [-0.39, 0.29) is 11.8 Å². The van der Waals surface area contributed by atoms with Gasteiger partial charge in [-0.25, -0.2) is 0 Å². The highest BCUT2D eigenvalue weighted by Gasteiger charge is 2.36. The highest BCUT2D eigenvalue weighted by molar-refractivity contribution is 5.79. The molecule has 104 valence electrons. The van der Waals surface area contributed by atoms with Crippen molar-refractivity contribution in [2.24, 2.45) is 11.7 Å². The second kappa shape index (κ2) is 5.57. The van der Waals surface area contributed by atoms with Crippen molar-refractivity contribution in [2.75, 3.05) is 13.6 Å². The average Bonchev–Trinajstić information content (AvgIpc) is 2.92. The Kier molecular flexibility index (Phi) is 4.28. The third kappa shape index (κ3) is 2.86. The second-order valence-electron chi connectivity index (χ2n) is 6.09. The van der Waals surface area contributed by atoms with Gasteiger partial charge in [-0.05, 0) is 38.5 Å². The lowest BCUT2D eigenvalue weighted by atomic mass is 9.78. The van der Waals surface area contributed by atoms with Crippen LogP contribution in [0.15, 0.2) is 0 Å². The van der Waals surface area contributed by atoms with E-state index in [0.29, 0.717) is 25.4 Å². The van der Waals surface area contributed by atoms with Gasteiger partial charge in [0, 0.05) is 25.6 Å². The van der Waals surface area contributed by atoms with E-state index in [1.807, 2.05) is 11.9 Å². The van der Waals surface area contributed by atoms with E-state index in [0.717, 1.165) is 25.7 Å². The van der Waals surface area contributed by atoms with Gasteiger partial charge in [0.25, 0.3) is 0 Å². The Labute approximate surface area is 110 Å². The minimum atomic E-state index is -0.720. The van der Waals surface area contributed by atoms with Crippen LogP contribution in [0.3, 0.4) is 0 Å². The van der Waals surface area contributed by atoms with Crippen molar-refractivity contribution >= 4 is 5.91 Å². The van der Waals surface area contributed by atoms with Gasteiger partial charge in [0.2, 0.25) is 5.91 Å². The lowest BCUT2D eigenvalue weighted by Gasteiger charge is -2.37. The van der Waals surface area contributed by atoms with Crippen molar-refractivity contribution < 1.29 is 9.90 Å². The van der Waals surface area contributed by atoms with Crippen LogP contribution in [-0.4, -0.2) is 41.1 Å². The topological polar surface area (TPSA) is 66.6 Å². The Morgan fingerprint density at radius 1 is 1.28 bits per heavy atom. The smallest absolute Gasteiger partial charge is 0.225 e. The molecule has 0 heterocycles. The Morgan fingerprint density at radius 2 is 1.83 bits per heavy atom. The summed E-state index contributed by atoms with van der Waals surface area (Å²) in [6.07, 6.45) is 7.70. The number of nitrogens with zero attached hydrogens (tertiary/aromatic N) is 1. The summed E-state index contributed by atoms with van der Waals surface area (Å²) < 4.78 is 0. The molecule has 4 heteroatoms. The first-order valence-electron chi connectivity index (χ1n) is 7.25. The fourth-order valence-electron chi connectivity index (χ4n) is 3.37. The number of carbonyl (C=O) groups excluding carboxylic acids is 1. The number of hydrogen-bond acceptors (Lipinski definition) is 3. The lowest BCUT2D eigenvalue weighted by Crippen LogP contribution is -2.46. The highest BCUT2D eigenvalue weighted by atomic mass is 16.3. The largest absolute Gasteiger partial charge is 0.389 e. The predicted octanol–water partition coefficient (Wildman–Crippen LogP) is 1.27. The van der Waals surface area contributed by atoms with Crippen LogP contribution in [-0.2, 0) is 4.79 Å². The normalized spacial score (nSPS) is 33.6. The quantitative estimate of drug-likeness (QED) is 0.797. The van der Waals surface area contributed by atoms with Crippen molar-refractivity contribution in [1.82, 2.24) is 4.90 Å². The molecule has 0 aromatic heterocycles. The third-order valence-corrected chi connectivity index (χ3v) is 4.87. The molecule has 0 aromatic carbocycles. The molecule has 1 amide bonds. The van der Waals surface area contributed by atoms with E-state index in [2.05, 4.69) is 0 Å². The number of carbonyl (C=O) groups is 1. The molecule has 2 aliphatic rings. The summed E-state index contributed by atoms with van der Waals surface area (Å²) in [5.41, 5.74) is 4.85. The Morgan fingerprint density at radius 3 is 2.33 bits per heavy atom. The van der Waals surface area contributed by atoms with Crippen molar-refractivity contribution in [3.63, 3.8) is 0 Å². The molecule has 2 aliphatic carbocycles. The molecule has 0 saturated heterocycles. The number of amides is 1. The first-order chi connectivity index (χ1) is 8.56. The van der Waals surface area contributed by atoms with Gasteiger partial charge in [0.15, 0.2) is 0 Å². The van der Waals surface area contributed by atoms with Crippen molar-refractivity contribution in [2.45, 2.75) is 63.0 Å². The van der Waals surface area contributed by atoms with E-state index in [1.165, 1.54) is 12.8 Å². The second-order valence-corrected chi connectivity index (χ2v) is 6.09. The molecule has 2 fully saturated rings. The maximum absolute atomic E-state index is 12.4. The first-order valence-corrected chi connectivity index (χ1v) is 7.25. The molecule has 2 saturated carbocycles. The van der Waals surface area contributed by atoms with Gasteiger partial charge in [0.05, 0.1) is 5.60 Å². The fourth-order valence-corrected chi connectivity index (χ4v) is 3.37. The van der Waals surface area contributed by atoms with Gasteiger partial charge in [-0.15, -0.1) is 0 Å². The summed E-state index contributed by atoms with van der Waals surface area (Å²) in [4.78, 5) is 14.4. The summed E-state index contributed by atoms with van der Waals surface area (Å²) in [6, 6.07) is 0.452. The fraction of sp³-hybridized carbons (Fsp3) is 0.929. The molecule has 0 spiro atoms. The molecule has 0 radical (unpaired) electrons. The molecule has 3 N–H and O–H groups in total. The van der Waals surface area contributed by atoms with Crippen LogP contribution >= 0.6 is 0 Å². The molecule has 0 bridgehead atoms. The van der Waals surface area contributed by atoms with Crippen molar-refractivity contribution in [3.8, 4) is 0 Å². The lowest BCUT2D eigenvalue weighted by molar-refractivity contribution is -0.139. The first kappa shape index (κ1) is 13.8. The molecule has 0 atom stereocenters. The maximum atomic E-state index is 12.4. The molecular formula is C14H26N2O2. The molecular weight excluding hydrogens is 228 g/mol. The van der Waals surface area contributed by atoms with Gasteiger partial charge < -0.3 is 15.7 Å². The monoisotopic (exact) mass is 254 g/mol. The van der Waals surface area contributed by atoms with Gasteiger partial charge >= 0.3 is 0 Å². The highest BCUT2D eigenvalue weighted by Crippen LogP contribution is 2.33. The van der Waals surface area contributed by atoms with Gasteiger partial charge in [-0.1, -0.05) is 12.8 Å². The summed E-state index contributed by atoms with van der Waals surface area (Å²) in [5, 5.41) is 10.1. The summed E-state index contributed by atoms with van der Waals surface area (Å²) in [6.45, 7) is 0.312. The van der Waals surface area contributed by atoms with Crippen LogP contribution in [0, 0.1) is 5.92 Å². The van der Waals surface area contributed by atoms with Gasteiger partial charge in [-0.3, -0.25) is 4.79 Å². The standard InChI is InChI=1S/C14H26N2O2/c1-16(12-4-2-3-5-12)13(17)11-6-8-14(18,10-15)9-7-11/h11-12,18H,2-10,15H2,1H3. The number of aliphatic hydroxyl groups is 1. The van der Waals surface area contributed by atoms with Crippen molar-refractivity contribution in [1.29, 1.82) is 0 Å². The van der Waals surface area contributed by atoms with E-state index in [9.17, 15) is 9.90 Å². The summed E-state index contributed by atoms with van der Waals surface area (Å²) in [7, 11) is 1.95.